The van der Waals surface area contributed by atoms with Crippen LogP contribution in [0.5, 0.6) is 0 Å². The molecule has 0 aliphatic carbocycles. The summed E-state index contributed by atoms with van der Waals surface area (Å²) in [6, 6.07) is 0. The van der Waals surface area contributed by atoms with Crippen LogP contribution in [0.2, 0.25) is 0 Å². The van der Waals surface area contributed by atoms with Crippen molar-refractivity contribution in [2.24, 2.45) is 0 Å². The summed E-state index contributed by atoms with van der Waals surface area (Å²) in [6.07, 6.45) is -0.604. The highest BCUT2D eigenvalue weighted by Crippen LogP contribution is 1.99. The summed E-state index contributed by atoms with van der Waals surface area (Å²) >= 11 is 0. The lowest BCUT2D eigenvalue weighted by atomic mass is 10.3. The maximum absolute atomic E-state index is 11.3. The van der Waals surface area contributed by atoms with Crippen molar-refractivity contribution >= 4 is 16.0 Å². The van der Waals surface area contributed by atoms with E-state index < -0.39 is 27.3 Å². The van der Waals surface area contributed by atoms with E-state index in [1.165, 1.54) is 7.11 Å². The summed E-state index contributed by atoms with van der Waals surface area (Å²) in [5.74, 6) is -1.41. The minimum atomic E-state index is -3.87. The van der Waals surface area contributed by atoms with Gasteiger partial charge in [0.2, 0.25) is 10.0 Å². The Hall–Kier alpha value is -0.700. The summed E-state index contributed by atoms with van der Waals surface area (Å²) in [5, 5.41) is 16.2. The number of hydrogen-bond donors (Lipinski definition) is 3. The lowest BCUT2D eigenvalue weighted by Crippen LogP contribution is -2.38. The number of nitrogens with one attached hydrogen (secondary N) is 1. The molecule has 0 aromatic rings. The largest absolute Gasteiger partial charge is 0.480 e. The molecule has 0 saturated heterocycles. The van der Waals surface area contributed by atoms with Gasteiger partial charge in [0.1, 0.15) is 0 Å². The van der Waals surface area contributed by atoms with Gasteiger partial charge in [0.15, 0.2) is 5.25 Å². The highest BCUT2D eigenvalue weighted by molar-refractivity contribution is 7.90. The third kappa shape index (κ3) is 5.40. The molecule has 0 bridgehead atoms. The molecule has 2 unspecified atom stereocenters. The van der Waals surface area contributed by atoms with E-state index in [0.717, 1.165) is 6.92 Å². The molecule has 0 saturated carbocycles. The molecule has 2 atom stereocenters. The van der Waals surface area contributed by atoms with Crippen LogP contribution in [0.4, 0.5) is 0 Å². The Morgan fingerprint density at radius 3 is 2.50 bits per heavy atom. The number of rotatable bonds is 8. The standard InChI is InChI=1S/C8H17NO6S/c1-6(8(11)12)16(13,14)9-4-3-7(10)5-15-2/h6-7,9-10H,3-5H2,1-2H3,(H,11,12). The van der Waals surface area contributed by atoms with Gasteiger partial charge in [-0.25, -0.2) is 13.1 Å². The number of carbonyl (C=O) groups is 1. The zero-order valence-electron chi connectivity index (χ0n) is 9.21. The van der Waals surface area contributed by atoms with Crippen molar-refractivity contribution in [1.29, 1.82) is 0 Å². The summed E-state index contributed by atoms with van der Waals surface area (Å²) in [4.78, 5) is 10.5. The Balaban J connectivity index is 4.06. The number of aliphatic hydroxyl groups is 1. The number of aliphatic hydroxyl groups excluding tert-OH is 1. The zero-order valence-corrected chi connectivity index (χ0v) is 10.0. The molecule has 96 valence electrons. The van der Waals surface area contributed by atoms with Crippen molar-refractivity contribution in [3.8, 4) is 0 Å². The number of carboxylic acids is 1. The van der Waals surface area contributed by atoms with Crippen molar-refractivity contribution in [3.63, 3.8) is 0 Å². The molecule has 0 rings (SSSR count). The molecule has 0 aliphatic rings. The quantitative estimate of drug-likeness (QED) is 0.501. The minimum absolute atomic E-state index is 0.0233. The van der Waals surface area contributed by atoms with Gasteiger partial charge < -0.3 is 14.9 Å². The van der Waals surface area contributed by atoms with Crippen LogP contribution in [0, 0.1) is 0 Å². The first-order valence-electron chi connectivity index (χ1n) is 4.69. The second-order valence-electron chi connectivity index (χ2n) is 3.32. The van der Waals surface area contributed by atoms with E-state index in [0.29, 0.717) is 0 Å². The van der Waals surface area contributed by atoms with Crippen LogP contribution >= 0.6 is 0 Å². The molecule has 0 amide bonds. The van der Waals surface area contributed by atoms with Crippen molar-refractivity contribution in [3.05, 3.63) is 0 Å². The molecule has 0 fully saturated rings. The van der Waals surface area contributed by atoms with Gasteiger partial charge in [0.25, 0.3) is 0 Å². The molecule has 0 aromatic heterocycles. The number of hydrogen-bond acceptors (Lipinski definition) is 5. The van der Waals surface area contributed by atoms with Crippen LogP contribution in [0.1, 0.15) is 13.3 Å². The Bertz CT molecular complexity index is 314. The van der Waals surface area contributed by atoms with E-state index in [-0.39, 0.29) is 19.6 Å². The normalized spacial score (nSPS) is 15.7. The molecule has 0 aliphatic heterocycles. The fourth-order valence-electron chi connectivity index (χ4n) is 0.901. The average Bonchev–Trinajstić information content (AvgIpc) is 2.16. The predicted molar refractivity (Wildman–Crippen MR) is 56.5 cm³/mol. The molecule has 3 N–H and O–H groups in total. The maximum atomic E-state index is 11.3. The molecule has 8 heteroatoms. The SMILES string of the molecule is COCC(O)CCNS(=O)(=O)C(C)C(=O)O. The van der Waals surface area contributed by atoms with Gasteiger partial charge in [-0.1, -0.05) is 0 Å². The topological polar surface area (TPSA) is 113 Å². The number of aliphatic carboxylic acids is 1. The van der Waals surface area contributed by atoms with Crippen molar-refractivity contribution < 1.29 is 28.2 Å². The first kappa shape index (κ1) is 15.3. The van der Waals surface area contributed by atoms with E-state index in [4.69, 9.17) is 5.11 Å². The summed E-state index contributed by atoms with van der Waals surface area (Å²) in [5.41, 5.74) is 0. The van der Waals surface area contributed by atoms with Gasteiger partial charge in [-0.3, -0.25) is 4.79 Å². The molecule has 7 nitrogen and oxygen atoms in total. The van der Waals surface area contributed by atoms with E-state index >= 15 is 0 Å². The number of ether oxygens (including phenoxy) is 1. The van der Waals surface area contributed by atoms with E-state index in [9.17, 15) is 18.3 Å². The third-order valence-electron chi connectivity index (χ3n) is 1.95. The van der Waals surface area contributed by atoms with Crippen molar-refractivity contribution in [2.75, 3.05) is 20.3 Å². The molecular weight excluding hydrogens is 238 g/mol. The first-order valence-corrected chi connectivity index (χ1v) is 6.24. The van der Waals surface area contributed by atoms with E-state index in [1.807, 2.05) is 0 Å². The van der Waals surface area contributed by atoms with Gasteiger partial charge in [-0.2, -0.15) is 0 Å². The maximum Gasteiger partial charge on any atom is 0.323 e. The van der Waals surface area contributed by atoms with Crippen LogP contribution < -0.4 is 4.72 Å². The Kier molecular flexibility index (Phi) is 6.49. The summed E-state index contributed by atoms with van der Waals surface area (Å²) in [7, 11) is -2.46. The second kappa shape index (κ2) is 6.79. The van der Waals surface area contributed by atoms with Crippen LogP contribution in [0.3, 0.4) is 0 Å². The zero-order chi connectivity index (χ0) is 12.8. The smallest absolute Gasteiger partial charge is 0.323 e. The van der Waals surface area contributed by atoms with Crippen LogP contribution in [0.25, 0.3) is 0 Å². The van der Waals surface area contributed by atoms with Gasteiger partial charge in [0.05, 0.1) is 12.7 Å². The van der Waals surface area contributed by atoms with Crippen LogP contribution in [-0.2, 0) is 19.6 Å². The van der Waals surface area contributed by atoms with Gasteiger partial charge in [-0.05, 0) is 13.3 Å². The van der Waals surface area contributed by atoms with Gasteiger partial charge >= 0.3 is 5.97 Å². The Morgan fingerprint density at radius 2 is 2.06 bits per heavy atom. The van der Waals surface area contributed by atoms with Crippen molar-refractivity contribution in [1.82, 2.24) is 4.72 Å². The Labute approximate surface area is 94.5 Å². The molecule has 0 radical (unpaired) electrons. The lowest BCUT2D eigenvalue weighted by molar-refractivity contribution is -0.136. The number of carboxylic acid groups (broad SMARTS) is 1. The first-order chi connectivity index (χ1) is 7.31. The molecule has 0 heterocycles. The molecule has 0 spiro atoms. The summed E-state index contributed by atoms with van der Waals surface area (Å²) < 4.78 is 29.4. The van der Waals surface area contributed by atoms with Gasteiger partial charge in [0, 0.05) is 13.7 Å². The number of methoxy groups -OCH3 is 1. The van der Waals surface area contributed by atoms with Crippen molar-refractivity contribution in [2.45, 2.75) is 24.7 Å². The minimum Gasteiger partial charge on any atom is -0.480 e. The highest BCUT2D eigenvalue weighted by Gasteiger charge is 2.26. The highest BCUT2D eigenvalue weighted by atomic mass is 32.2. The fourth-order valence-corrected chi connectivity index (χ4v) is 1.82. The van der Waals surface area contributed by atoms with Crippen LogP contribution in [0.15, 0.2) is 0 Å². The fraction of sp³-hybridized carbons (Fsp3) is 0.875. The molecule has 0 aromatic carbocycles. The van der Waals surface area contributed by atoms with Crippen LogP contribution in [-0.4, -0.2) is 56.2 Å². The van der Waals surface area contributed by atoms with E-state index in [1.54, 1.807) is 0 Å². The summed E-state index contributed by atoms with van der Waals surface area (Å²) in [6.45, 7) is 1.16. The molecular formula is C8H17NO6S. The lowest BCUT2D eigenvalue weighted by Gasteiger charge is -2.12. The Morgan fingerprint density at radius 1 is 1.50 bits per heavy atom. The van der Waals surface area contributed by atoms with E-state index in [2.05, 4.69) is 9.46 Å². The molecule has 16 heavy (non-hydrogen) atoms. The predicted octanol–water partition coefficient (Wildman–Crippen LogP) is -1.22. The monoisotopic (exact) mass is 255 g/mol. The second-order valence-corrected chi connectivity index (χ2v) is 5.40. The number of sulfonamides is 1. The third-order valence-corrected chi connectivity index (χ3v) is 3.69. The average molecular weight is 255 g/mol. The van der Waals surface area contributed by atoms with Gasteiger partial charge in [-0.15, -0.1) is 0 Å².